The predicted octanol–water partition coefficient (Wildman–Crippen LogP) is 2.10. The molecule has 1 rings (SSSR count). The molecule has 0 spiro atoms. The van der Waals surface area contributed by atoms with Crippen LogP contribution in [-0.2, 0) is 9.53 Å². The van der Waals surface area contributed by atoms with Crippen LogP contribution < -0.4 is 5.32 Å². The number of hydrogen-bond donors (Lipinski definition) is 1. The van der Waals surface area contributed by atoms with Gasteiger partial charge in [0.25, 0.3) is 0 Å². The molecule has 1 aromatic heterocycles. The van der Waals surface area contributed by atoms with E-state index in [-0.39, 0.29) is 5.97 Å². The molecule has 0 radical (unpaired) electrons. The summed E-state index contributed by atoms with van der Waals surface area (Å²) >= 11 is 1.55. The molecule has 0 fully saturated rings. The van der Waals surface area contributed by atoms with Gasteiger partial charge in [-0.05, 0) is 32.5 Å². The molecular weight excluding hydrogens is 248 g/mol. The molecule has 5 heteroatoms. The van der Waals surface area contributed by atoms with Crippen LogP contribution in [0.2, 0.25) is 0 Å². The third-order valence-corrected chi connectivity index (χ3v) is 3.70. The molecular formula is C13H20N2O2S. The van der Waals surface area contributed by atoms with Crippen LogP contribution in [0.4, 0.5) is 0 Å². The van der Waals surface area contributed by atoms with E-state index in [9.17, 15) is 4.79 Å². The van der Waals surface area contributed by atoms with Gasteiger partial charge < -0.3 is 10.1 Å². The molecule has 0 aliphatic carbocycles. The van der Waals surface area contributed by atoms with Crippen molar-refractivity contribution >= 4 is 17.7 Å². The van der Waals surface area contributed by atoms with Gasteiger partial charge in [-0.3, -0.25) is 4.79 Å². The maximum atomic E-state index is 12.0. The van der Waals surface area contributed by atoms with Crippen molar-refractivity contribution in [2.45, 2.75) is 31.3 Å². The standard InChI is InChI=1S/C13H20N2O2S/c1-4-15-13(3,12(16)17-5-2)10-18-11-8-6-7-9-14-11/h6-9,15H,4-5,10H2,1-3H3. The van der Waals surface area contributed by atoms with Crippen molar-refractivity contribution in [2.75, 3.05) is 18.9 Å². The first kappa shape index (κ1) is 15.0. The molecule has 0 aliphatic rings. The highest BCUT2D eigenvalue weighted by atomic mass is 32.2. The smallest absolute Gasteiger partial charge is 0.326 e. The number of nitrogens with zero attached hydrogens (tertiary/aromatic N) is 1. The van der Waals surface area contributed by atoms with Crippen LogP contribution in [0, 0.1) is 0 Å². The highest BCUT2D eigenvalue weighted by molar-refractivity contribution is 7.99. The highest BCUT2D eigenvalue weighted by Gasteiger charge is 2.33. The van der Waals surface area contributed by atoms with Gasteiger partial charge in [-0.2, -0.15) is 0 Å². The highest BCUT2D eigenvalue weighted by Crippen LogP contribution is 2.21. The zero-order chi connectivity index (χ0) is 13.4. The Morgan fingerprint density at radius 1 is 1.50 bits per heavy atom. The molecule has 1 heterocycles. The fraction of sp³-hybridized carbons (Fsp3) is 0.538. The monoisotopic (exact) mass is 268 g/mol. The van der Waals surface area contributed by atoms with Crippen molar-refractivity contribution in [1.82, 2.24) is 10.3 Å². The topological polar surface area (TPSA) is 51.2 Å². The fourth-order valence-electron chi connectivity index (χ4n) is 1.51. The van der Waals surface area contributed by atoms with E-state index in [2.05, 4.69) is 10.3 Å². The summed E-state index contributed by atoms with van der Waals surface area (Å²) in [5.74, 6) is 0.381. The Kier molecular flexibility index (Phi) is 6.15. The van der Waals surface area contributed by atoms with Crippen LogP contribution in [0.3, 0.4) is 0 Å². The predicted molar refractivity (Wildman–Crippen MR) is 73.7 cm³/mol. The van der Waals surface area contributed by atoms with Crippen LogP contribution in [0.5, 0.6) is 0 Å². The number of esters is 1. The van der Waals surface area contributed by atoms with Gasteiger partial charge in [-0.15, -0.1) is 11.8 Å². The van der Waals surface area contributed by atoms with E-state index in [1.54, 1.807) is 18.0 Å². The molecule has 0 bridgehead atoms. The van der Waals surface area contributed by atoms with Crippen LogP contribution in [0.15, 0.2) is 29.4 Å². The van der Waals surface area contributed by atoms with Crippen molar-refractivity contribution < 1.29 is 9.53 Å². The number of rotatable bonds is 7. The quantitative estimate of drug-likeness (QED) is 0.606. The van der Waals surface area contributed by atoms with Gasteiger partial charge in [0.2, 0.25) is 0 Å². The summed E-state index contributed by atoms with van der Waals surface area (Å²) in [5.41, 5.74) is -0.674. The Balaban J connectivity index is 2.65. The number of thioether (sulfide) groups is 1. The lowest BCUT2D eigenvalue weighted by Gasteiger charge is -2.27. The first-order chi connectivity index (χ1) is 8.62. The van der Waals surface area contributed by atoms with Gasteiger partial charge in [0.15, 0.2) is 0 Å². The molecule has 0 saturated heterocycles. The maximum absolute atomic E-state index is 12.0. The number of hydrogen-bond acceptors (Lipinski definition) is 5. The summed E-state index contributed by atoms with van der Waals surface area (Å²) in [5, 5.41) is 4.10. The number of carbonyl (C=O) groups is 1. The lowest BCUT2D eigenvalue weighted by Crippen LogP contribution is -2.52. The number of ether oxygens (including phenoxy) is 1. The van der Waals surface area contributed by atoms with E-state index in [1.807, 2.05) is 39.0 Å². The van der Waals surface area contributed by atoms with Gasteiger partial charge >= 0.3 is 5.97 Å². The van der Waals surface area contributed by atoms with Gasteiger partial charge in [-0.25, -0.2) is 4.98 Å². The average molecular weight is 268 g/mol. The molecule has 0 aliphatic heterocycles. The molecule has 100 valence electrons. The minimum atomic E-state index is -0.674. The zero-order valence-electron chi connectivity index (χ0n) is 11.1. The van der Waals surface area contributed by atoms with E-state index in [0.717, 1.165) is 11.6 Å². The SMILES string of the molecule is CCNC(C)(CSc1ccccn1)C(=O)OCC. The summed E-state index contributed by atoms with van der Waals surface area (Å²) in [6, 6.07) is 5.74. The van der Waals surface area contributed by atoms with Crippen LogP contribution in [0.1, 0.15) is 20.8 Å². The van der Waals surface area contributed by atoms with Gasteiger partial charge in [-0.1, -0.05) is 13.0 Å². The number of aromatic nitrogens is 1. The summed E-state index contributed by atoms with van der Waals surface area (Å²) in [7, 11) is 0. The Morgan fingerprint density at radius 3 is 2.83 bits per heavy atom. The van der Waals surface area contributed by atoms with E-state index < -0.39 is 5.54 Å². The summed E-state index contributed by atoms with van der Waals surface area (Å²) < 4.78 is 5.11. The molecule has 1 atom stereocenters. The Morgan fingerprint density at radius 2 is 2.28 bits per heavy atom. The molecule has 0 saturated carbocycles. The summed E-state index contributed by atoms with van der Waals surface area (Å²) in [4.78, 5) is 16.2. The van der Waals surface area contributed by atoms with Crippen LogP contribution in [-0.4, -0.2) is 35.4 Å². The Hall–Kier alpha value is -1.07. The number of carbonyl (C=O) groups excluding carboxylic acids is 1. The molecule has 1 N–H and O–H groups in total. The zero-order valence-corrected chi connectivity index (χ0v) is 11.9. The summed E-state index contributed by atoms with van der Waals surface area (Å²) in [6.45, 7) is 6.77. The Labute approximate surface area is 113 Å². The third kappa shape index (κ3) is 4.31. The van der Waals surface area contributed by atoms with Gasteiger partial charge in [0.05, 0.1) is 11.6 Å². The minimum absolute atomic E-state index is 0.213. The largest absolute Gasteiger partial charge is 0.465 e. The van der Waals surface area contributed by atoms with Gasteiger partial charge in [0, 0.05) is 11.9 Å². The lowest BCUT2D eigenvalue weighted by atomic mass is 10.1. The number of likely N-dealkylation sites (N-methyl/N-ethyl adjacent to an activating group) is 1. The van der Waals surface area contributed by atoms with Gasteiger partial charge in [0.1, 0.15) is 5.54 Å². The van der Waals surface area contributed by atoms with Crippen molar-refractivity contribution in [3.63, 3.8) is 0 Å². The fourth-order valence-corrected chi connectivity index (χ4v) is 2.48. The summed E-state index contributed by atoms with van der Waals surface area (Å²) in [6.07, 6.45) is 1.75. The minimum Gasteiger partial charge on any atom is -0.465 e. The molecule has 18 heavy (non-hydrogen) atoms. The average Bonchev–Trinajstić information content (AvgIpc) is 2.38. The molecule has 0 amide bonds. The van der Waals surface area contributed by atoms with Crippen molar-refractivity contribution in [3.8, 4) is 0 Å². The van der Waals surface area contributed by atoms with Crippen molar-refractivity contribution in [3.05, 3.63) is 24.4 Å². The second-order valence-electron chi connectivity index (χ2n) is 4.04. The lowest BCUT2D eigenvalue weighted by molar-refractivity contribution is -0.149. The first-order valence-corrected chi connectivity index (χ1v) is 7.07. The van der Waals surface area contributed by atoms with Crippen molar-refractivity contribution in [1.29, 1.82) is 0 Å². The Bertz CT molecular complexity index is 373. The first-order valence-electron chi connectivity index (χ1n) is 6.08. The number of nitrogens with one attached hydrogen (secondary N) is 1. The number of pyridine rings is 1. The van der Waals surface area contributed by atoms with E-state index in [4.69, 9.17) is 4.74 Å². The van der Waals surface area contributed by atoms with Crippen LogP contribution in [0.25, 0.3) is 0 Å². The van der Waals surface area contributed by atoms with Crippen LogP contribution >= 0.6 is 11.8 Å². The third-order valence-electron chi connectivity index (χ3n) is 2.44. The van der Waals surface area contributed by atoms with Crippen molar-refractivity contribution in [2.24, 2.45) is 0 Å². The second kappa shape index (κ2) is 7.38. The van der Waals surface area contributed by atoms with E-state index >= 15 is 0 Å². The normalized spacial score (nSPS) is 13.9. The molecule has 4 nitrogen and oxygen atoms in total. The molecule has 1 unspecified atom stereocenters. The molecule has 1 aromatic rings. The molecule has 0 aromatic carbocycles. The van der Waals surface area contributed by atoms with E-state index in [0.29, 0.717) is 12.4 Å². The van der Waals surface area contributed by atoms with E-state index in [1.165, 1.54) is 0 Å². The second-order valence-corrected chi connectivity index (χ2v) is 5.04. The maximum Gasteiger partial charge on any atom is 0.326 e.